The minimum absolute atomic E-state index is 0.0629. The molecule has 2 unspecified atom stereocenters. The van der Waals surface area contributed by atoms with Crippen molar-refractivity contribution < 1.29 is 24.5 Å². The Labute approximate surface area is 112 Å². The van der Waals surface area contributed by atoms with Crippen LogP contribution in [0.25, 0.3) is 0 Å². The number of hydrogen-bond acceptors (Lipinski definition) is 5. The van der Waals surface area contributed by atoms with Crippen molar-refractivity contribution in [2.24, 2.45) is 0 Å². The highest BCUT2D eigenvalue weighted by Gasteiger charge is 2.19. The van der Waals surface area contributed by atoms with E-state index in [0.29, 0.717) is 11.3 Å². The van der Waals surface area contributed by atoms with E-state index in [1.54, 1.807) is 13.0 Å². The second kappa shape index (κ2) is 6.80. The van der Waals surface area contributed by atoms with Crippen molar-refractivity contribution in [3.8, 4) is 11.5 Å². The van der Waals surface area contributed by atoms with Crippen molar-refractivity contribution in [1.82, 2.24) is 0 Å². The predicted molar refractivity (Wildman–Crippen MR) is 70.2 cm³/mol. The zero-order chi connectivity index (χ0) is 14.4. The summed E-state index contributed by atoms with van der Waals surface area (Å²) in [6.07, 6.45) is 2.01. The molecule has 0 saturated carbocycles. The average Bonchev–Trinajstić information content (AvgIpc) is 2.38. The van der Waals surface area contributed by atoms with Crippen molar-refractivity contribution in [2.45, 2.75) is 18.9 Å². The Kier molecular flexibility index (Phi) is 5.38. The van der Waals surface area contributed by atoms with Gasteiger partial charge in [-0.3, -0.25) is 0 Å². The molecule has 0 spiro atoms. The molecule has 0 radical (unpaired) electrons. The summed E-state index contributed by atoms with van der Waals surface area (Å²) >= 11 is 0. The molecule has 19 heavy (non-hydrogen) atoms. The second-order valence-corrected chi connectivity index (χ2v) is 4.07. The van der Waals surface area contributed by atoms with Gasteiger partial charge in [0.2, 0.25) is 0 Å². The first-order valence-corrected chi connectivity index (χ1v) is 5.80. The Morgan fingerprint density at radius 2 is 2.05 bits per heavy atom. The Balaban J connectivity index is 3.15. The fourth-order valence-corrected chi connectivity index (χ4v) is 1.76. The zero-order valence-corrected chi connectivity index (χ0v) is 11.2. The smallest absolute Gasteiger partial charge is 0.330 e. The highest BCUT2D eigenvalue weighted by Crippen LogP contribution is 2.33. The highest BCUT2D eigenvalue weighted by molar-refractivity contribution is 5.82. The number of benzene rings is 1. The molecule has 2 atom stereocenters. The highest BCUT2D eigenvalue weighted by atomic mass is 16.5. The molecule has 1 aromatic rings. The quantitative estimate of drug-likeness (QED) is 0.625. The lowest BCUT2D eigenvalue weighted by Gasteiger charge is -2.19. The third kappa shape index (κ3) is 3.99. The lowest BCUT2D eigenvalue weighted by Crippen LogP contribution is -2.14. The first-order chi connectivity index (χ1) is 8.99. The van der Waals surface area contributed by atoms with Crippen molar-refractivity contribution in [3.63, 3.8) is 0 Å². The fourth-order valence-electron chi connectivity index (χ4n) is 1.76. The van der Waals surface area contributed by atoms with Crippen molar-refractivity contribution in [3.05, 3.63) is 35.9 Å². The van der Waals surface area contributed by atoms with Gasteiger partial charge in [0.25, 0.3) is 0 Å². The minimum atomic E-state index is -0.753. The molecule has 0 heterocycles. The van der Waals surface area contributed by atoms with Crippen LogP contribution in [0.2, 0.25) is 0 Å². The Bertz CT molecular complexity index is 465. The second-order valence-electron chi connectivity index (χ2n) is 4.07. The number of rotatable bonds is 5. The van der Waals surface area contributed by atoms with E-state index in [4.69, 9.17) is 4.74 Å². The molecule has 0 aliphatic heterocycles. The molecule has 0 aliphatic rings. The lowest BCUT2D eigenvalue weighted by molar-refractivity contribution is -0.134. The van der Waals surface area contributed by atoms with E-state index in [2.05, 4.69) is 4.74 Å². The molecule has 0 fully saturated rings. The summed E-state index contributed by atoms with van der Waals surface area (Å²) < 4.78 is 9.70. The van der Waals surface area contributed by atoms with Crippen LogP contribution in [-0.4, -0.2) is 36.5 Å². The predicted octanol–water partition coefficient (Wildman–Crippen LogP) is 1.59. The van der Waals surface area contributed by atoms with E-state index >= 15 is 0 Å². The van der Waals surface area contributed by atoms with Crippen LogP contribution in [0, 0.1) is 0 Å². The van der Waals surface area contributed by atoms with Gasteiger partial charge in [-0.15, -0.1) is 0 Å². The van der Waals surface area contributed by atoms with Gasteiger partial charge in [0.05, 0.1) is 20.3 Å². The largest absolute Gasteiger partial charge is 0.508 e. The molecule has 104 valence electrons. The molecule has 0 amide bonds. The van der Waals surface area contributed by atoms with Crippen LogP contribution in [0.1, 0.15) is 18.4 Å². The van der Waals surface area contributed by atoms with Gasteiger partial charge in [0.1, 0.15) is 11.5 Å². The van der Waals surface area contributed by atoms with Crippen LogP contribution in [0.4, 0.5) is 0 Å². The van der Waals surface area contributed by atoms with Crippen LogP contribution in [-0.2, 0) is 9.53 Å². The number of aromatic hydroxyl groups is 1. The third-order valence-corrected chi connectivity index (χ3v) is 2.73. The number of methoxy groups -OCH3 is 2. The van der Waals surface area contributed by atoms with E-state index in [1.807, 2.05) is 0 Å². The number of aliphatic hydroxyl groups is 1. The molecule has 5 nitrogen and oxygen atoms in total. The summed E-state index contributed by atoms with van der Waals surface area (Å²) in [5.41, 5.74) is 0.595. The van der Waals surface area contributed by atoms with Gasteiger partial charge in [-0.05, 0) is 25.1 Å². The van der Waals surface area contributed by atoms with E-state index in [1.165, 1.54) is 38.5 Å². The molecule has 0 saturated heterocycles. The third-order valence-electron chi connectivity index (χ3n) is 2.73. The van der Waals surface area contributed by atoms with E-state index in [9.17, 15) is 15.0 Å². The number of aliphatic hydroxyl groups excluding tert-OH is 1. The van der Waals surface area contributed by atoms with Crippen molar-refractivity contribution >= 4 is 5.97 Å². The molecule has 0 bridgehead atoms. The SMILES string of the molecule is COC(=O)/C=C/C(c1cc(O)ccc1OC)C(C)O. The number of carbonyl (C=O) groups is 1. The Morgan fingerprint density at radius 1 is 1.37 bits per heavy atom. The number of ether oxygens (including phenoxy) is 2. The van der Waals surface area contributed by atoms with Gasteiger partial charge in [-0.1, -0.05) is 6.08 Å². The van der Waals surface area contributed by atoms with Gasteiger partial charge >= 0.3 is 5.97 Å². The Hall–Kier alpha value is -2.01. The molecule has 2 N–H and O–H groups in total. The number of esters is 1. The number of phenolic OH excluding ortho intramolecular Hbond substituents is 1. The number of hydrogen-bond donors (Lipinski definition) is 2. The Morgan fingerprint density at radius 3 is 2.58 bits per heavy atom. The molecular weight excluding hydrogens is 248 g/mol. The minimum Gasteiger partial charge on any atom is -0.508 e. The normalized spacial score (nSPS) is 14.1. The average molecular weight is 266 g/mol. The van der Waals surface area contributed by atoms with E-state index in [-0.39, 0.29) is 5.75 Å². The van der Waals surface area contributed by atoms with Crippen LogP contribution in [0.15, 0.2) is 30.4 Å². The summed E-state index contributed by atoms with van der Waals surface area (Å²) in [5.74, 6) is -0.406. The van der Waals surface area contributed by atoms with Crippen LogP contribution >= 0.6 is 0 Å². The van der Waals surface area contributed by atoms with E-state index < -0.39 is 18.0 Å². The zero-order valence-electron chi connectivity index (χ0n) is 11.2. The van der Waals surface area contributed by atoms with Gasteiger partial charge in [0.15, 0.2) is 0 Å². The summed E-state index contributed by atoms with van der Waals surface area (Å²) in [4.78, 5) is 11.1. The first-order valence-electron chi connectivity index (χ1n) is 5.80. The van der Waals surface area contributed by atoms with Gasteiger partial charge < -0.3 is 19.7 Å². The van der Waals surface area contributed by atoms with Crippen molar-refractivity contribution in [1.29, 1.82) is 0 Å². The number of phenols is 1. The first kappa shape index (κ1) is 15.0. The number of carbonyl (C=O) groups excluding carboxylic acids is 1. The molecule has 0 aliphatic carbocycles. The van der Waals surface area contributed by atoms with Crippen LogP contribution in [0.3, 0.4) is 0 Å². The molecule has 1 rings (SSSR count). The summed E-state index contributed by atoms with van der Waals surface area (Å²) in [5, 5.41) is 19.4. The summed E-state index contributed by atoms with van der Waals surface area (Å²) in [6.45, 7) is 1.59. The topological polar surface area (TPSA) is 76.0 Å². The van der Waals surface area contributed by atoms with Crippen molar-refractivity contribution in [2.75, 3.05) is 14.2 Å². The maximum atomic E-state index is 11.1. The lowest BCUT2D eigenvalue weighted by atomic mass is 9.92. The standard InChI is InChI=1S/C14H18O5/c1-9(15)11(5-7-14(17)19-3)12-8-10(16)4-6-13(12)18-2/h4-9,11,15-16H,1-3H3/b7-5+. The maximum absolute atomic E-state index is 11.1. The summed E-state index contributed by atoms with van der Waals surface area (Å²) in [6, 6.07) is 4.59. The van der Waals surface area contributed by atoms with Gasteiger partial charge in [-0.25, -0.2) is 4.79 Å². The monoisotopic (exact) mass is 266 g/mol. The molecular formula is C14H18O5. The van der Waals surface area contributed by atoms with Crippen LogP contribution < -0.4 is 4.74 Å². The maximum Gasteiger partial charge on any atom is 0.330 e. The summed E-state index contributed by atoms with van der Waals surface area (Å²) in [7, 11) is 2.78. The van der Waals surface area contributed by atoms with E-state index in [0.717, 1.165) is 0 Å². The fraction of sp³-hybridized carbons (Fsp3) is 0.357. The molecule has 0 aromatic heterocycles. The van der Waals surface area contributed by atoms with Gasteiger partial charge in [-0.2, -0.15) is 0 Å². The molecule has 5 heteroatoms. The van der Waals surface area contributed by atoms with Gasteiger partial charge in [0, 0.05) is 17.6 Å². The molecule has 1 aromatic carbocycles. The van der Waals surface area contributed by atoms with Crippen LogP contribution in [0.5, 0.6) is 11.5 Å².